The van der Waals surface area contributed by atoms with Gasteiger partial charge in [0.15, 0.2) is 0 Å². The van der Waals surface area contributed by atoms with E-state index in [1.54, 1.807) is 4.90 Å². The van der Waals surface area contributed by atoms with Crippen LogP contribution in [0.2, 0.25) is 0 Å². The van der Waals surface area contributed by atoms with Crippen molar-refractivity contribution in [1.29, 1.82) is 0 Å². The van der Waals surface area contributed by atoms with E-state index in [1.807, 2.05) is 27.8 Å². The van der Waals surface area contributed by atoms with Crippen molar-refractivity contribution in [3.63, 3.8) is 0 Å². The summed E-state index contributed by atoms with van der Waals surface area (Å²) in [5.41, 5.74) is -0.383. The van der Waals surface area contributed by atoms with Gasteiger partial charge >= 0.3 is 0 Å². The molecule has 0 aromatic rings. The van der Waals surface area contributed by atoms with Crippen LogP contribution in [0.3, 0.4) is 0 Å². The molecule has 0 aliphatic carbocycles. The molecule has 0 unspecified atom stereocenters. The molecule has 0 aliphatic rings. The van der Waals surface area contributed by atoms with Gasteiger partial charge in [0, 0.05) is 31.1 Å². The normalized spacial score (nSPS) is 12.3. The van der Waals surface area contributed by atoms with E-state index >= 15 is 0 Å². The molecular weight excluding hydrogens is 216 g/mol. The lowest BCUT2D eigenvalue weighted by Gasteiger charge is -2.31. The molecule has 0 aromatic heterocycles. The molecule has 0 rings (SSSR count). The van der Waals surface area contributed by atoms with Crippen molar-refractivity contribution in [3.8, 4) is 0 Å². The maximum Gasteiger partial charge on any atom is 0.228 e. The highest BCUT2D eigenvalue weighted by molar-refractivity contribution is 5.81. The Morgan fingerprint density at radius 3 is 2.06 bits per heavy atom. The maximum atomic E-state index is 12.1. The summed E-state index contributed by atoms with van der Waals surface area (Å²) in [6.07, 6.45) is 0. The van der Waals surface area contributed by atoms with Crippen LogP contribution in [0.5, 0.6) is 0 Å². The second kappa shape index (κ2) is 6.97. The number of carbonyl (C=O) groups is 1. The molecule has 0 fully saturated rings. The predicted octanol–water partition coefficient (Wildman–Crippen LogP) is 1.19. The van der Waals surface area contributed by atoms with Crippen LogP contribution in [-0.4, -0.2) is 60.1 Å². The van der Waals surface area contributed by atoms with Gasteiger partial charge in [0.1, 0.15) is 0 Å². The van der Waals surface area contributed by atoms with E-state index in [0.717, 1.165) is 6.54 Å². The summed E-state index contributed by atoms with van der Waals surface area (Å²) < 4.78 is 0. The quantitative estimate of drug-likeness (QED) is 0.763. The zero-order valence-electron chi connectivity index (χ0n) is 12.2. The highest BCUT2D eigenvalue weighted by Crippen LogP contribution is 2.17. The number of carbonyl (C=O) groups excluding carboxylic acids is 1. The zero-order valence-corrected chi connectivity index (χ0v) is 12.2. The second-order valence-corrected chi connectivity index (χ2v) is 5.84. The minimum Gasteiger partial charge on any atom is -0.395 e. The van der Waals surface area contributed by atoms with Gasteiger partial charge in [-0.15, -0.1) is 0 Å². The number of likely N-dealkylation sites (N-methyl/N-ethyl adjacent to an activating group) is 1. The molecule has 0 atom stereocenters. The third kappa shape index (κ3) is 6.03. The van der Waals surface area contributed by atoms with Gasteiger partial charge in [0.2, 0.25) is 5.91 Å². The summed E-state index contributed by atoms with van der Waals surface area (Å²) in [4.78, 5) is 16.1. The van der Waals surface area contributed by atoms with Crippen LogP contribution >= 0.6 is 0 Å². The van der Waals surface area contributed by atoms with E-state index in [-0.39, 0.29) is 17.9 Å². The lowest BCUT2D eigenvalue weighted by Crippen LogP contribution is -2.45. The fourth-order valence-electron chi connectivity index (χ4n) is 1.45. The Hall–Kier alpha value is -0.610. The van der Waals surface area contributed by atoms with E-state index in [9.17, 15) is 4.79 Å². The lowest BCUT2D eigenvalue weighted by atomic mass is 9.94. The average Bonchev–Trinajstić information content (AvgIpc) is 2.21. The average molecular weight is 244 g/mol. The molecule has 4 nitrogen and oxygen atoms in total. The first kappa shape index (κ1) is 16.4. The van der Waals surface area contributed by atoms with Gasteiger partial charge in [-0.2, -0.15) is 0 Å². The Kier molecular flexibility index (Phi) is 6.72. The topological polar surface area (TPSA) is 43.8 Å². The fraction of sp³-hybridized carbons (Fsp3) is 0.923. The largest absolute Gasteiger partial charge is 0.395 e. The van der Waals surface area contributed by atoms with Crippen molar-refractivity contribution < 1.29 is 9.90 Å². The Labute approximate surface area is 106 Å². The van der Waals surface area contributed by atoms with Crippen LogP contribution in [0.15, 0.2) is 0 Å². The molecule has 17 heavy (non-hydrogen) atoms. The fourth-order valence-corrected chi connectivity index (χ4v) is 1.45. The molecule has 0 bridgehead atoms. The Bertz CT molecular complexity index is 234. The zero-order chi connectivity index (χ0) is 13.6. The van der Waals surface area contributed by atoms with Crippen molar-refractivity contribution in [2.75, 3.05) is 33.3 Å². The smallest absolute Gasteiger partial charge is 0.228 e. The SMILES string of the molecule is CC(C)N(C)CCN(CCO)C(=O)C(C)(C)C. The van der Waals surface area contributed by atoms with Crippen molar-refractivity contribution in [3.05, 3.63) is 0 Å². The van der Waals surface area contributed by atoms with Crippen LogP contribution in [0.4, 0.5) is 0 Å². The van der Waals surface area contributed by atoms with E-state index < -0.39 is 0 Å². The first-order valence-corrected chi connectivity index (χ1v) is 6.30. The van der Waals surface area contributed by atoms with Crippen molar-refractivity contribution in [1.82, 2.24) is 9.80 Å². The van der Waals surface area contributed by atoms with Gasteiger partial charge in [-0.05, 0) is 20.9 Å². The number of amides is 1. The standard InChI is InChI=1S/C13H28N2O2/c1-11(2)14(6)7-8-15(9-10-16)12(17)13(3,4)5/h11,16H,7-10H2,1-6H3. The summed E-state index contributed by atoms with van der Waals surface area (Å²) in [5.74, 6) is 0.101. The van der Waals surface area contributed by atoms with Gasteiger partial charge in [-0.25, -0.2) is 0 Å². The van der Waals surface area contributed by atoms with Crippen LogP contribution < -0.4 is 0 Å². The van der Waals surface area contributed by atoms with Crippen LogP contribution in [-0.2, 0) is 4.79 Å². The molecule has 1 N–H and O–H groups in total. The molecular formula is C13H28N2O2. The van der Waals surface area contributed by atoms with Gasteiger partial charge in [-0.1, -0.05) is 20.8 Å². The minimum absolute atomic E-state index is 0.0210. The maximum absolute atomic E-state index is 12.1. The predicted molar refractivity (Wildman–Crippen MR) is 70.9 cm³/mol. The summed E-state index contributed by atoms with van der Waals surface area (Å²) in [6, 6.07) is 0.468. The number of aliphatic hydroxyl groups excluding tert-OH is 1. The lowest BCUT2D eigenvalue weighted by molar-refractivity contribution is -0.140. The summed E-state index contributed by atoms with van der Waals surface area (Å²) in [7, 11) is 2.04. The highest BCUT2D eigenvalue weighted by Gasteiger charge is 2.26. The molecule has 1 amide bonds. The number of nitrogens with zero attached hydrogens (tertiary/aromatic N) is 2. The molecule has 4 heteroatoms. The number of hydrogen-bond donors (Lipinski definition) is 1. The number of rotatable bonds is 6. The highest BCUT2D eigenvalue weighted by atomic mass is 16.3. The molecule has 102 valence electrons. The Morgan fingerprint density at radius 2 is 1.71 bits per heavy atom. The summed E-state index contributed by atoms with van der Waals surface area (Å²) in [5, 5.41) is 9.02. The van der Waals surface area contributed by atoms with Crippen molar-refractivity contribution >= 4 is 5.91 Å². The van der Waals surface area contributed by atoms with Crippen molar-refractivity contribution in [2.24, 2.45) is 5.41 Å². The van der Waals surface area contributed by atoms with Gasteiger partial charge in [0.05, 0.1) is 6.61 Å². The Balaban J connectivity index is 4.40. The molecule has 0 saturated heterocycles. The van der Waals surface area contributed by atoms with Crippen LogP contribution in [0.25, 0.3) is 0 Å². The summed E-state index contributed by atoms with van der Waals surface area (Å²) in [6.45, 7) is 11.9. The molecule has 0 aromatic carbocycles. The molecule has 0 spiro atoms. The van der Waals surface area contributed by atoms with E-state index in [0.29, 0.717) is 19.1 Å². The van der Waals surface area contributed by atoms with Gasteiger partial charge < -0.3 is 14.9 Å². The van der Waals surface area contributed by atoms with E-state index in [4.69, 9.17) is 5.11 Å². The molecule has 0 radical (unpaired) electrons. The van der Waals surface area contributed by atoms with Gasteiger partial charge in [0.25, 0.3) is 0 Å². The second-order valence-electron chi connectivity index (χ2n) is 5.84. The summed E-state index contributed by atoms with van der Waals surface area (Å²) >= 11 is 0. The molecule has 0 aliphatic heterocycles. The third-order valence-electron chi connectivity index (χ3n) is 2.90. The van der Waals surface area contributed by atoms with E-state index in [2.05, 4.69) is 18.7 Å². The van der Waals surface area contributed by atoms with Crippen molar-refractivity contribution in [2.45, 2.75) is 40.7 Å². The van der Waals surface area contributed by atoms with Gasteiger partial charge in [-0.3, -0.25) is 4.79 Å². The minimum atomic E-state index is -0.383. The first-order valence-electron chi connectivity index (χ1n) is 6.30. The first-order chi connectivity index (χ1) is 7.70. The molecule has 0 heterocycles. The third-order valence-corrected chi connectivity index (χ3v) is 2.90. The number of hydrogen-bond acceptors (Lipinski definition) is 3. The molecule has 0 saturated carbocycles. The van der Waals surface area contributed by atoms with Crippen LogP contribution in [0, 0.1) is 5.41 Å². The Morgan fingerprint density at radius 1 is 1.18 bits per heavy atom. The van der Waals surface area contributed by atoms with E-state index in [1.165, 1.54) is 0 Å². The van der Waals surface area contributed by atoms with Crippen LogP contribution in [0.1, 0.15) is 34.6 Å². The number of aliphatic hydroxyl groups is 1. The monoisotopic (exact) mass is 244 g/mol.